The quantitative estimate of drug-likeness (QED) is 0.138. The van der Waals surface area contributed by atoms with Crippen molar-refractivity contribution in [3.8, 4) is 11.1 Å². The fourth-order valence-corrected chi connectivity index (χ4v) is 4.39. The van der Waals surface area contributed by atoms with Crippen molar-refractivity contribution in [1.29, 1.82) is 0 Å². The Bertz CT molecular complexity index is 1460. The minimum absolute atomic E-state index is 0. The molecular weight excluding hydrogens is 531 g/mol. The van der Waals surface area contributed by atoms with Crippen LogP contribution < -0.4 is 0 Å². The standard InChI is InChI=1S/C20H15.C10H9.2CH3.2ClH.Si.Ti/c1-14-12-16-8-5-11-19(20(16)13-14)18-10-4-7-15-6-2-3-9-17(15)18;1-8-6-9-4-2-3-5-10(9)7-8;;;;;;/h2-13H,1H3;2-7H,1H3;2*1H3;2*1H;;/q4*-1;;;;. The first kappa shape index (κ1) is 33.9. The van der Waals surface area contributed by atoms with E-state index in [1.54, 1.807) is 19.2 Å². The van der Waals surface area contributed by atoms with E-state index in [9.17, 15) is 0 Å². The Kier molecular flexibility index (Phi) is 14.9. The van der Waals surface area contributed by atoms with Crippen molar-refractivity contribution in [2.75, 3.05) is 0 Å². The summed E-state index contributed by atoms with van der Waals surface area (Å²) in [6.45, 7) is 4.28. The first-order chi connectivity index (χ1) is 15.7. The number of benzene rings is 4. The monoisotopic (exact) mass is 562 g/mol. The molecule has 0 fully saturated rings. The van der Waals surface area contributed by atoms with Gasteiger partial charge in [0.2, 0.25) is 0 Å². The van der Waals surface area contributed by atoms with E-state index < -0.39 is 0 Å². The van der Waals surface area contributed by atoms with Gasteiger partial charge in [0.1, 0.15) is 0 Å². The molecule has 0 nitrogen and oxygen atoms in total. The van der Waals surface area contributed by atoms with E-state index in [1.165, 1.54) is 54.6 Å². The molecule has 0 heterocycles. The zero-order valence-corrected chi connectivity index (χ0v) is 25.4. The van der Waals surface area contributed by atoms with Crippen LogP contribution in [0.25, 0.3) is 43.4 Å². The zero-order chi connectivity index (χ0) is 22.5. The summed E-state index contributed by atoms with van der Waals surface area (Å²) in [6, 6.07) is 39.1. The maximum atomic E-state index is 2.97. The number of hydrogen-bond acceptors (Lipinski definition) is 0. The Morgan fingerprint density at radius 3 is 1.69 bits per heavy atom. The van der Waals surface area contributed by atoms with E-state index in [-0.39, 0.29) is 39.7 Å². The average molecular weight is 563 g/mol. The molecule has 0 unspecified atom stereocenters. The van der Waals surface area contributed by atoms with Gasteiger partial charge in [0.25, 0.3) is 0 Å². The Morgan fingerprint density at radius 1 is 0.528 bits per heavy atom. The van der Waals surface area contributed by atoms with Gasteiger partial charge in [0.15, 0.2) is 0 Å². The maximum absolute atomic E-state index is 2.97. The normalized spacial score (nSPS) is 9.25. The summed E-state index contributed by atoms with van der Waals surface area (Å²) < 4.78 is 0. The first-order valence-electron chi connectivity index (χ1n) is 10.7. The number of halogens is 2. The van der Waals surface area contributed by atoms with Crippen molar-refractivity contribution < 1.29 is 19.2 Å². The van der Waals surface area contributed by atoms with Crippen LogP contribution in [0.5, 0.6) is 0 Å². The molecule has 6 rings (SSSR count). The second-order valence-electron chi connectivity index (χ2n) is 8.03. The van der Waals surface area contributed by atoms with Crippen LogP contribution in [0.1, 0.15) is 11.1 Å². The van der Waals surface area contributed by atoms with Gasteiger partial charge < -0.3 is 14.9 Å². The van der Waals surface area contributed by atoms with Gasteiger partial charge in [0, 0.05) is 0 Å². The summed E-state index contributed by atoms with van der Waals surface area (Å²) in [5.41, 5.74) is 5.32. The molecule has 6 aromatic carbocycles. The van der Waals surface area contributed by atoms with Gasteiger partial charge >= 0.3 is 26.8 Å². The van der Waals surface area contributed by atoms with Crippen LogP contribution in [0, 0.1) is 28.7 Å². The van der Waals surface area contributed by atoms with Gasteiger partial charge in [0.05, 0.1) is 0 Å². The van der Waals surface area contributed by atoms with Gasteiger partial charge in [-0.05, 0) is 16.3 Å². The third-order valence-electron chi connectivity index (χ3n) is 5.74. The molecule has 0 spiro atoms. The molecule has 186 valence electrons. The summed E-state index contributed by atoms with van der Waals surface area (Å²) in [7, 11) is 2.97. The Hall–Kier alpha value is -2.13. The number of rotatable bonds is 1. The summed E-state index contributed by atoms with van der Waals surface area (Å²) in [6.07, 6.45) is 0. The third-order valence-corrected chi connectivity index (χ3v) is 5.74. The number of aryl methyl sites for hydroxylation is 2. The number of fused-ring (bicyclic) bond motifs is 3. The predicted molar refractivity (Wildman–Crippen MR) is 165 cm³/mol. The fourth-order valence-electron chi connectivity index (χ4n) is 4.39. The molecule has 0 amide bonds. The van der Waals surface area contributed by atoms with Gasteiger partial charge in [-0.15, -0.1) is 100.0 Å². The molecule has 0 bridgehead atoms. The van der Waals surface area contributed by atoms with Crippen LogP contribution in [0.4, 0.5) is 0 Å². The van der Waals surface area contributed by atoms with Crippen LogP contribution in [0.3, 0.4) is 0 Å². The average Bonchev–Trinajstić information content (AvgIpc) is 3.41. The van der Waals surface area contributed by atoms with Gasteiger partial charge in [-0.3, -0.25) is 0 Å². The molecule has 4 heteroatoms. The summed E-state index contributed by atoms with van der Waals surface area (Å²) in [5, 5.41) is 7.99. The molecule has 0 saturated carbocycles. The van der Waals surface area contributed by atoms with Crippen molar-refractivity contribution in [3.63, 3.8) is 0 Å². The first-order valence-corrected chi connectivity index (χ1v) is 13.5. The molecule has 0 saturated heterocycles. The molecule has 0 aliphatic heterocycles. The van der Waals surface area contributed by atoms with Crippen molar-refractivity contribution in [2.24, 2.45) is 0 Å². The third kappa shape index (κ3) is 7.45. The molecule has 0 aliphatic carbocycles. The van der Waals surface area contributed by atoms with E-state index in [0.29, 0.717) is 0 Å². The van der Waals surface area contributed by atoms with E-state index in [0.717, 1.165) is 0 Å². The summed E-state index contributed by atoms with van der Waals surface area (Å²) >= 11 is 1.81. The zero-order valence-electron chi connectivity index (χ0n) is 21.2. The topological polar surface area (TPSA) is 0 Å². The second-order valence-corrected chi connectivity index (χ2v) is 8.03. The van der Waals surface area contributed by atoms with Crippen molar-refractivity contribution in [3.05, 3.63) is 135 Å². The number of hydrogen-bond donors (Lipinski definition) is 0. The van der Waals surface area contributed by atoms with E-state index in [1.807, 2.05) is 0 Å². The predicted octanol–water partition coefficient (Wildman–Crippen LogP) is 9.92. The molecule has 0 N–H and O–H groups in total. The molecule has 0 aromatic heterocycles. The van der Waals surface area contributed by atoms with Gasteiger partial charge in [-0.25, -0.2) is 0 Å². The van der Waals surface area contributed by atoms with Crippen LogP contribution in [0.2, 0.25) is 0 Å². The van der Waals surface area contributed by atoms with Crippen LogP contribution in [-0.4, -0.2) is 7.63 Å². The molecular formula is C32H32Cl2SiTi-4. The van der Waals surface area contributed by atoms with Gasteiger partial charge in [-0.1, -0.05) is 74.0 Å². The van der Waals surface area contributed by atoms with E-state index >= 15 is 0 Å². The molecule has 2 radical (unpaired) electrons. The van der Waals surface area contributed by atoms with E-state index in [2.05, 4.69) is 131 Å². The SMILES string of the molecule is Cc1cc2c(-c3cccc4ccccc34)cccc2[cH-]1.Cc1cc2ccccc2[cH-]1.Cl.Cl.[CH3-].[CH3-].[Si]=[Ti]. The summed E-state index contributed by atoms with van der Waals surface area (Å²) in [4.78, 5) is 0. The van der Waals surface area contributed by atoms with Crippen molar-refractivity contribution >= 4 is 64.8 Å². The Labute approximate surface area is 242 Å². The Balaban J connectivity index is 0.000000661. The van der Waals surface area contributed by atoms with Crippen molar-refractivity contribution in [1.82, 2.24) is 0 Å². The van der Waals surface area contributed by atoms with Crippen LogP contribution >= 0.6 is 24.8 Å². The fraction of sp³-hybridized carbons (Fsp3) is 0.0625. The molecule has 36 heavy (non-hydrogen) atoms. The summed E-state index contributed by atoms with van der Waals surface area (Å²) in [5.74, 6) is 0. The minimum atomic E-state index is 0. The van der Waals surface area contributed by atoms with Crippen molar-refractivity contribution in [2.45, 2.75) is 13.8 Å². The molecule has 0 atom stereocenters. The Morgan fingerprint density at radius 2 is 1.00 bits per heavy atom. The molecule has 0 aliphatic rings. The second kappa shape index (κ2) is 15.9. The molecule has 6 aromatic rings. The van der Waals surface area contributed by atoms with Crippen LogP contribution in [-0.2, 0) is 19.2 Å². The van der Waals surface area contributed by atoms with E-state index in [4.69, 9.17) is 0 Å². The van der Waals surface area contributed by atoms with Gasteiger partial charge in [-0.2, -0.15) is 12.1 Å². The van der Waals surface area contributed by atoms with Crippen LogP contribution in [0.15, 0.2) is 109 Å².